The number of aromatic nitrogens is 3. The van der Waals surface area contributed by atoms with Crippen molar-refractivity contribution in [1.29, 1.82) is 0 Å². The molecule has 4 rings (SSSR count). The maximum Gasteiger partial charge on any atom is 0.266 e. The number of amides is 1. The molecule has 0 spiro atoms. The number of hydrogen-bond donors (Lipinski definition) is 1. The van der Waals surface area contributed by atoms with Gasteiger partial charge in [0.1, 0.15) is 23.2 Å². The van der Waals surface area contributed by atoms with Crippen LogP contribution in [-0.2, 0) is 17.9 Å². The van der Waals surface area contributed by atoms with E-state index in [1.54, 1.807) is 0 Å². The van der Waals surface area contributed by atoms with Gasteiger partial charge in [0.2, 0.25) is 5.91 Å². The molecule has 0 saturated carbocycles. The standard InChI is InChI=1S/C24H24N4O4/c1-3-31-19-10-6-17(7-11-19)14-25-20(29)12-13-28-15-26-23-21(24(28)30)22(27-32-23)18-8-4-16(2)5-9-18/h4-11,15H,3,12-14H2,1-2H3,(H,25,29). The van der Waals surface area contributed by atoms with Crippen LogP contribution in [0.3, 0.4) is 0 Å². The van der Waals surface area contributed by atoms with E-state index in [9.17, 15) is 9.59 Å². The number of carbonyl (C=O) groups is 1. The van der Waals surface area contributed by atoms with E-state index in [1.165, 1.54) is 10.9 Å². The van der Waals surface area contributed by atoms with Crippen LogP contribution in [0.2, 0.25) is 0 Å². The van der Waals surface area contributed by atoms with E-state index in [0.717, 1.165) is 22.4 Å². The first-order chi connectivity index (χ1) is 15.5. The first-order valence-electron chi connectivity index (χ1n) is 10.5. The van der Waals surface area contributed by atoms with Gasteiger partial charge in [-0.25, -0.2) is 4.98 Å². The van der Waals surface area contributed by atoms with Gasteiger partial charge in [0.15, 0.2) is 0 Å². The molecule has 0 bridgehead atoms. The highest BCUT2D eigenvalue weighted by molar-refractivity contribution is 5.88. The summed E-state index contributed by atoms with van der Waals surface area (Å²) in [6.45, 7) is 5.13. The third kappa shape index (κ3) is 4.69. The quantitative estimate of drug-likeness (QED) is 0.458. The topological polar surface area (TPSA) is 99.2 Å². The first-order valence-corrected chi connectivity index (χ1v) is 10.5. The van der Waals surface area contributed by atoms with Crippen molar-refractivity contribution >= 4 is 17.0 Å². The molecule has 0 atom stereocenters. The highest BCUT2D eigenvalue weighted by Gasteiger charge is 2.17. The van der Waals surface area contributed by atoms with Crippen LogP contribution in [0.15, 0.2) is 64.2 Å². The molecule has 1 N–H and O–H groups in total. The predicted octanol–water partition coefficient (Wildman–Crippen LogP) is 3.47. The average molecular weight is 432 g/mol. The lowest BCUT2D eigenvalue weighted by molar-refractivity contribution is -0.121. The van der Waals surface area contributed by atoms with Crippen molar-refractivity contribution in [2.75, 3.05) is 6.61 Å². The Morgan fingerprint density at radius 2 is 1.88 bits per heavy atom. The maximum absolute atomic E-state index is 13.0. The molecule has 0 aliphatic rings. The number of nitrogens with zero attached hydrogens (tertiary/aromatic N) is 3. The van der Waals surface area contributed by atoms with Gasteiger partial charge in [-0.2, -0.15) is 0 Å². The van der Waals surface area contributed by atoms with E-state index < -0.39 is 0 Å². The van der Waals surface area contributed by atoms with Crippen LogP contribution in [-0.4, -0.2) is 27.2 Å². The van der Waals surface area contributed by atoms with Crippen LogP contribution >= 0.6 is 0 Å². The van der Waals surface area contributed by atoms with Gasteiger partial charge < -0.3 is 14.6 Å². The molecule has 0 saturated heterocycles. The SMILES string of the molecule is CCOc1ccc(CNC(=O)CCn2cnc3onc(-c4ccc(C)cc4)c3c2=O)cc1. The fourth-order valence-electron chi connectivity index (χ4n) is 3.33. The van der Waals surface area contributed by atoms with Crippen LogP contribution in [0.1, 0.15) is 24.5 Å². The second-order valence-electron chi connectivity index (χ2n) is 7.42. The summed E-state index contributed by atoms with van der Waals surface area (Å²) in [5.41, 5.74) is 3.20. The van der Waals surface area contributed by atoms with Crippen LogP contribution in [0.4, 0.5) is 0 Å². The molecule has 32 heavy (non-hydrogen) atoms. The zero-order valence-corrected chi connectivity index (χ0v) is 18.0. The number of aryl methyl sites for hydroxylation is 2. The van der Waals surface area contributed by atoms with Crippen molar-refractivity contribution in [3.63, 3.8) is 0 Å². The Hall–Kier alpha value is -3.94. The molecule has 0 aliphatic carbocycles. The minimum absolute atomic E-state index is 0.148. The van der Waals surface area contributed by atoms with E-state index in [-0.39, 0.29) is 30.1 Å². The molecular formula is C24H24N4O4. The van der Waals surface area contributed by atoms with Crippen molar-refractivity contribution in [2.24, 2.45) is 0 Å². The van der Waals surface area contributed by atoms with Crippen LogP contribution in [0.25, 0.3) is 22.4 Å². The number of hydrogen-bond acceptors (Lipinski definition) is 6. The summed E-state index contributed by atoms with van der Waals surface area (Å²) in [5, 5.41) is 7.21. The van der Waals surface area contributed by atoms with Gasteiger partial charge in [0.05, 0.1) is 6.61 Å². The Bertz CT molecular complexity index is 1270. The lowest BCUT2D eigenvalue weighted by Gasteiger charge is -2.08. The van der Waals surface area contributed by atoms with E-state index >= 15 is 0 Å². The fourth-order valence-corrected chi connectivity index (χ4v) is 3.33. The summed E-state index contributed by atoms with van der Waals surface area (Å²) < 4.78 is 12.1. The Kier molecular flexibility index (Phi) is 6.30. The molecule has 0 aliphatic heterocycles. The second kappa shape index (κ2) is 9.47. The molecule has 8 nitrogen and oxygen atoms in total. The van der Waals surface area contributed by atoms with Crippen molar-refractivity contribution in [1.82, 2.24) is 20.0 Å². The molecule has 2 aromatic carbocycles. The summed E-state index contributed by atoms with van der Waals surface area (Å²) in [6.07, 6.45) is 1.53. The lowest BCUT2D eigenvalue weighted by Crippen LogP contribution is -2.27. The minimum atomic E-state index is -0.286. The molecule has 4 aromatic rings. The largest absolute Gasteiger partial charge is 0.494 e. The minimum Gasteiger partial charge on any atom is -0.494 e. The van der Waals surface area contributed by atoms with E-state index in [0.29, 0.717) is 24.2 Å². The number of carbonyl (C=O) groups excluding carboxylic acids is 1. The van der Waals surface area contributed by atoms with Gasteiger partial charge in [0, 0.05) is 25.1 Å². The fraction of sp³-hybridized carbons (Fsp3) is 0.250. The molecule has 0 unspecified atom stereocenters. The zero-order chi connectivity index (χ0) is 22.5. The van der Waals surface area contributed by atoms with E-state index in [1.807, 2.05) is 62.4 Å². The number of benzene rings is 2. The van der Waals surface area contributed by atoms with Crippen LogP contribution in [0, 0.1) is 6.92 Å². The van der Waals surface area contributed by atoms with Gasteiger partial charge in [-0.3, -0.25) is 14.2 Å². The molecule has 8 heteroatoms. The van der Waals surface area contributed by atoms with Crippen molar-refractivity contribution in [3.8, 4) is 17.0 Å². The Morgan fingerprint density at radius 1 is 1.12 bits per heavy atom. The lowest BCUT2D eigenvalue weighted by atomic mass is 10.1. The molecule has 0 radical (unpaired) electrons. The second-order valence-corrected chi connectivity index (χ2v) is 7.42. The molecule has 1 amide bonds. The summed E-state index contributed by atoms with van der Waals surface area (Å²) in [5.74, 6) is 0.638. The van der Waals surface area contributed by atoms with Crippen LogP contribution in [0.5, 0.6) is 5.75 Å². The van der Waals surface area contributed by atoms with E-state index in [4.69, 9.17) is 9.26 Å². The molecular weight excluding hydrogens is 408 g/mol. The number of nitrogens with one attached hydrogen (secondary N) is 1. The first kappa shape index (κ1) is 21.3. The molecule has 2 heterocycles. The Morgan fingerprint density at radius 3 is 2.59 bits per heavy atom. The smallest absolute Gasteiger partial charge is 0.266 e. The third-order valence-electron chi connectivity index (χ3n) is 5.09. The third-order valence-corrected chi connectivity index (χ3v) is 5.09. The van der Waals surface area contributed by atoms with Gasteiger partial charge in [-0.05, 0) is 31.5 Å². The number of fused-ring (bicyclic) bond motifs is 1. The average Bonchev–Trinajstić information content (AvgIpc) is 3.24. The highest BCUT2D eigenvalue weighted by Crippen LogP contribution is 2.24. The number of rotatable bonds is 8. The summed E-state index contributed by atoms with van der Waals surface area (Å²) in [7, 11) is 0. The molecule has 164 valence electrons. The van der Waals surface area contributed by atoms with Crippen molar-refractivity contribution < 1.29 is 14.1 Å². The van der Waals surface area contributed by atoms with E-state index in [2.05, 4.69) is 15.5 Å². The monoisotopic (exact) mass is 432 g/mol. The normalized spacial score (nSPS) is 10.9. The van der Waals surface area contributed by atoms with Gasteiger partial charge in [-0.1, -0.05) is 47.1 Å². The zero-order valence-electron chi connectivity index (χ0n) is 18.0. The van der Waals surface area contributed by atoms with Crippen LogP contribution < -0.4 is 15.6 Å². The van der Waals surface area contributed by atoms with Gasteiger partial charge in [-0.15, -0.1) is 0 Å². The van der Waals surface area contributed by atoms with Crippen molar-refractivity contribution in [3.05, 3.63) is 76.3 Å². The summed E-state index contributed by atoms with van der Waals surface area (Å²) in [6, 6.07) is 15.2. The molecule has 2 aromatic heterocycles. The number of ether oxygens (including phenoxy) is 1. The Balaban J connectivity index is 1.42. The van der Waals surface area contributed by atoms with Gasteiger partial charge >= 0.3 is 0 Å². The summed E-state index contributed by atoms with van der Waals surface area (Å²) in [4.78, 5) is 29.5. The van der Waals surface area contributed by atoms with Crippen molar-refractivity contribution in [2.45, 2.75) is 33.4 Å². The molecule has 0 fully saturated rings. The Labute approximate surface area is 184 Å². The van der Waals surface area contributed by atoms with Gasteiger partial charge in [0.25, 0.3) is 11.3 Å². The predicted molar refractivity (Wildman–Crippen MR) is 120 cm³/mol. The highest BCUT2D eigenvalue weighted by atomic mass is 16.5. The summed E-state index contributed by atoms with van der Waals surface area (Å²) >= 11 is 0. The maximum atomic E-state index is 13.0.